The minimum atomic E-state index is -0.408. The number of rotatable bonds is 6. The lowest BCUT2D eigenvalue weighted by Crippen LogP contribution is -2.37. The summed E-state index contributed by atoms with van der Waals surface area (Å²) < 4.78 is 4.13. The highest BCUT2D eigenvalue weighted by atomic mass is 16.2. The van der Waals surface area contributed by atoms with Crippen molar-refractivity contribution in [3.8, 4) is 0 Å². The number of nitrogens with one attached hydrogen (secondary N) is 1. The van der Waals surface area contributed by atoms with E-state index in [1.54, 1.807) is 17.9 Å². The number of aryl methyl sites for hydroxylation is 5. The van der Waals surface area contributed by atoms with Crippen molar-refractivity contribution in [2.45, 2.75) is 46.7 Å². The molecule has 3 aromatic rings. The van der Waals surface area contributed by atoms with Gasteiger partial charge in [0.05, 0.1) is 6.33 Å². The monoisotopic (exact) mass is 397 g/mol. The molecule has 0 spiro atoms. The molecule has 0 aliphatic heterocycles. The molecular formula is C21H27N5O3. The van der Waals surface area contributed by atoms with Gasteiger partial charge >= 0.3 is 5.69 Å². The zero-order valence-electron chi connectivity index (χ0n) is 17.6. The van der Waals surface area contributed by atoms with Gasteiger partial charge in [0.2, 0.25) is 5.91 Å². The summed E-state index contributed by atoms with van der Waals surface area (Å²) in [6.07, 6.45) is 2.45. The van der Waals surface area contributed by atoms with Crippen molar-refractivity contribution >= 4 is 17.1 Å². The van der Waals surface area contributed by atoms with Crippen molar-refractivity contribution in [2.24, 2.45) is 14.1 Å². The molecule has 29 heavy (non-hydrogen) atoms. The van der Waals surface area contributed by atoms with E-state index in [-0.39, 0.29) is 11.5 Å². The fraction of sp³-hybridized carbons (Fsp3) is 0.429. The third-order valence-electron chi connectivity index (χ3n) is 5.32. The highest BCUT2D eigenvalue weighted by Gasteiger charge is 2.14. The van der Waals surface area contributed by atoms with Gasteiger partial charge in [0.15, 0.2) is 11.2 Å². The van der Waals surface area contributed by atoms with E-state index in [9.17, 15) is 14.4 Å². The molecule has 0 aliphatic carbocycles. The highest BCUT2D eigenvalue weighted by Crippen LogP contribution is 2.16. The Kier molecular flexibility index (Phi) is 5.72. The Morgan fingerprint density at radius 1 is 1.07 bits per heavy atom. The predicted molar refractivity (Wildman–Crippen MR) is 112 cm³/mol. The number of hydrogen-bond acceptors (Lipinski definition) is 4. The quantitative estimate of drug-likeness (QED) is 0.682. The summed E-state index contributed by atoms with van der Waals surface area (Å²) in [5.41, 5.74) is 4.65. The summed E-state index contributed by atoms with van der Waals surface area (Å²) >= 11 is 0. The van der Waals surface area contributed by atoms with Gasteiger partial charge in [-0.15, -0.1) is 0 Å². The van der Waals surface area contributed by atoms with E-state index in [1.807, 2.05) is 0 Å². The Morgan fingerprint density at radius 3 is 2.38 bits per heavy atom. The molecule has 2 heterocycles. The number of imidazole rings is 1. The molecule has 0 bridgehead atoms. The normalized spacial score (nSPS) is 11.2. The molecular weight excluding hydrogens is 370 g/mol. The lowest BCUT2D eigenvalue weighted by Gasteiger charge is -2.12. The second-order valence-corrected chi connectivity index (χ2v) is 7.57. The number of fused-ring (bicyclic) bond motifs is 1. The van der Waals surface area contributed by atoms with Gasteiger partial charge in [-0.1, -0.05) is 17.7 Å². The van der Waals surface area contributed by atoms with Crippen LogP contribution in [0.3, 0.4) is 0 Å². The molecule has 1 amide bonds. The van der Waals surface area contributed by atoms with Crippen molar-refractivity contribution in [2.75, 3.05) is 0 Å². The Bertz CT molecular complexity index is 1180. The molecule has 0 fully saturated rings. The van der Waals surface area contributed by atoms with E-state index in [0.717, 1.165) is 10.1 Å². The molecule has 8 heteroatoms. The summed E-state index contributed by atoms with van der Waals surface area (Å²) in [7, 11) is 3.04. The Balaban J connectivity index is 1.63. The number of nitrogens with zero attached hydrogens (tertiary/aromatic N) is 4. The molecule has 0 aliphatic rings. The molecule has 1 aromatic carbocycles. The fourth-order valence-corrected chi connectivity index (χ4v) is 3.74. The van der Waals surface area contributed by atoms with E-state index in [4.69, 9.17) is 0 Å². The number of aromatic nitrogens is 4. The molecule has 3 rings (SSSR count). The number of hydrogen-bond donors (Lipinski definition) is 1. The van der Waals surface area contributed by atoms with Gasteiger partial charge in [-0.05, 0) is 43.9 Å². The maximum Gasteiger partial charge on any atom is 0.332 e. The summed E-state index contributed by atoms with van der Waals surface area (Å²) in [5.74, 6) is -0.0332. The topological polar surface area (TPSA) is 90.9 Å². The van der Waals surface area contributed by atoms with Gasteiger partial charge in [-0.2, -0.15) is 0 Å². The minimum Gasteiger partial charge on any atom is -0.352 e. The molecule has 154 valence electrons. The van der Waals surface area contributed by atoms with E-state index in [1.165, 1.54) is 28.3 Å². The van der Waals surface area contributed by atoms with Crippen molar-refractivity contribution in [1.82, 2.24) is 24.0 Å². The Morgan fingerprint density at radius 2 is 1.72 bits per heavy atom. The van der Waals surface area contributed by atoms with E-state index in [2.05, 4.69) is 43.2 Å². The second kappa shape index (κ2) is 8.06. The van der Waals surface area contributed by atoms with E-state index >= 15 is 0 Å². The maximum absolute atomic E-state index is 12.4. The van der Waals surface area contributed by atoms with Crippen LogP contribution in [0.5, 0.6) is 0 Å². The first-order valence-corrected chi connectivity index (χ1v) is 9.65. The molecule has 2 aromatic heterocycles. The number of carbonyl (C=O) groups is 1. The molecule has 0 unspecified atom stereocenters. The van der Waals surface area contributed by atoms with Crippen LogP contribution in [0.4, 0.5) is 0 Å². The summed E-state index contributed by atoms with van der Waals surface area (Å²) in [6, 6.07) is 4.24. The third kappa shape index (κ3) is 4.01. The van der Waals surface area contributed by atoms with Crippen LogP contribution in [0.25, 0.3) is 11.2 Å². The zero-order chi connectivity index (χ0) is 21.3. The average Bonchev–Trinajstić information content (AvgIpc) is 3.08. The van der Waals surface area contributed by atoms with Crippen LogP contribution >= 0.6 is 0 Å². The predicted octanol–water partition coefficient (Wildman–Crippen LogP) is 1.46. The van der Waals surface area contributed by atoms with Gasteiger partial charge < -0.3 is 9.88 Å². The van der Waals surface area contributed by atoms with Crippen LogP contribution in [0, 0.1) is 20.8 Å². The SMILES string of the molecule is Cc1cc(C)c(CNC(=O)CCCn2cnc3c2c(=O)n(C)c(=O)n3C)c(C)c1. The second-order valence-electron chi connectivity index (χ2n) is 7.57. The molecule has 8 nitrogen and oxygen atoms in total. The van der Waals surface area contributed by atoms with Gasteiger partial charge in [0.1, 0.15) is 0 Å². The Hall–Kier alpha value is -3.16. The lowest BCUT2D eigenvalue weighted by atomic mass is 10.00. The summed E-state index contributed by atoms with van der Waals surface area (Å²) in [6.45, 7) is 7.15. The molecule has 0 atom stereocenters. The first kappa shape index (κ1) is 20.6. The Labute approximate surface area is 168 Å². The van der Waals surface area contributed by atoms with Crippen LogP contribution in [0.1, 0.15) is 35.1 Å². The fourth-order valence-electron chi connectivity index (χ4n) is 3.74. The van der Waals surface area contributed by atoms with Crippen molar-refractivity contribution in [3.05, 3.63) is 61.6 Å². The lowest BCUT2D eigenvalue weighted by molar-refractivity contribution is -0.121. The van der Waals surface area contributed by atoms with Crippen LogP contribution in [-0.4, -0.2) is 24.6 Å². The minimum absolute atomic E-state index is 0.0332. The first-order chi connectivity index (χ1) is 13.7. The molecule has 0 saturated heterocycles. The van der Waals surface area contributed by atoms with Gasteiger partial charge in [-0.3, -0.25) is 18.7 Å². The standard InChI is InChI=1S/C21H27N5O3/c1-13-9-14(2)16(15(3)10-13)11-22-17(27)7-6-8-26-12-23-19-18(26)20(28)25(5)21(29)24(19)4/h9-10,12H,6-8,11H2,1-5H3,(H,22,27). The molecule has 0 radical (unpaired) electrons. The largest absolute Gasteiger partial charge is 0.352 e. The number of benzene rings is 1. The van der Waals surface area contributed by atoms with Crippen LogP contribution in [0.2, 0.25) is 0 Å². The number of carbonyl (C=O) groups excluding carboxylic acids is 1. The van der Waals surface area contributed by atoms with Crippen LogP contribution in [0.15, 0.2) is 28.0 Å². The summed E-state index contributed by atoms with van der Waals surface area (Å²) in [4.78, 5) is 40.9. The summed E-state index contributed by atoms with van der Waals surface area (Å²) in [5, 5.41) is 2.98. The van der Waals surface area contributed by atoms with Crippen molar-refractivity contribution in [3.63, 3.8) is 0 Å². The van der Waals surface area contributed by atoms with Crippen LogP contribution < -0.4 is 16.6 Å². The van der Waals surface area contributed by atoms with Gasteiger partial charge in [-0.25, -0.2) is 9.78 Å². The molecule has 1 N–H and O–H groups in total. The maximum atomic E-state index is 12.4. The van der Waals surface area contributed by atoms with Crippen molar-refractivity contribution in [1.29, 1.82) is 0 Å². The first-order valence-electron chi connectivity index (χ1n) is 9.65. The average molecular weight is 397 g/mol. The highest BCUT2D eigenvalue weighted by molar-refractivity contribution is 5.76. The van der Waals surface area contributed by atoms with Gasteiger partial charge in [0, 0.05) is 33.6 Å². The van der Waals surface area contributed by atoms with E-state index in [0.29, 0.717) is 37.1 Å². The smallest absolute Gasteiger partial charge is 0.332 e. The van der Waals surface area contributed by atoms with Gasteiger partial charge in [0.25, 0.3) is 5.56 Å². The zero-order valence-corrected chi connectivity index (χ0v) is 17.6. The van der Waals surface area contributed by atoms with E-state index < -0.39 is 5.69 Å². The third-order valence-corrected chi connectivity index (χ3v) is 5.32. The van der Waals surface area contributed by atoms with Crippen LogP contribution in [-0.2, 0) is 32.0 Å². The molecule has 0 saturated carbocycles. The van der Waals surface area contributed by atoms with Crippen molar-refractivity contribution < 1.29 is 4.79 Å². The number of amides is 1.